The second-order valence-corrected chi connectivity index (χ2v) is 4.99. The number of aromatic nitrogens is 1. The topological polar surface area (TPSA) is 73.7 Å². The maximum absolute atomic E-state index is 12.3. The van der Waals surface area contributed by atoms with Crippen molar-refractivity contribution in [2.24, 2.45) is 0 Å². The molecule has 1 N–H and O–H groups in total. The van der Waals surface area contributed by atoms with Crippen molar-refractivity contribution in [2.75, 3.05) is 32.6 Å². The standard InChI is InChI=1S/C15H17N3O3/c1-17(2)13-8-12(15(21)18(3)9-14(19)20)16-11-7-5-4-6-10(11)13/h4-8H,9H2,1-3H3,(H,19,20). The third-order valence-electron chi connectivity index (χ3n) is 3.11. The first kappa shape index (κ1) is 14.8. The lowest BCUT2D eigenvalue weighted by Gasteiger charge is -2.19. The first-order valence-electron chi connectivity index (χ1n) is 6.44. The van der Waals surface area contributed by atoms with Crippen LogP contribution in [0.4, 0.5) is 5.69 Å². The molecule has 0 atom stereocenters. The van der Waals surface area contributed by atoms with Crippen LogP contribution in [0, 0.1) is 0 Å². The van der Waals surface area contributed by atoms with E-state index in [2.05, 4.69) is 4.98 Å². The summed E-state index contributed by atoms with van der Waals surface area (Å²) in [7, 11) is 5.22. The highest BCUT2D eigenvalue weighted by Gasteiger charge is 2.18. The fraction of sp³-hybridized carbons (Fsp3) is 0.267. The number of fused-ring (bicyclic) bond motifs is 1. The van der Waals surface area contributed by atoms with Gasteiger partial charge in [0.15, 0.2) is 0 Å². The van der Waals surface area contributed by atoms with Gasteiger partial charge in [-0.15, -0.1) is 0 Å². The Bertz CT molecular complexity index is 698. The number of carboxylic acids is 1. The maximum Gasteiger partial charge on any atom is 0.323 e. The number of carboxylic acid groups (broad SMARTS) is 1. The molecule has 0 aliphatic heterocycles. The van der Waals surface area contributed by atoms with Gasteiger partial charge in [-0.05, 0) is 12.1 Å². The van der Waals surface area contributed by atoms with Gasteiger partial charge in [-0.3, -0.25) is 9.59 Å². The number of pyridine rings is 1. The lowest BCUT2D eigenvalue weighted by Crippen LogP contribution is -2.32. The first-order chi connectivity index (χ1) is 9.90. The Morgan fingerprint density at radius 2 is 1.86 bits per heavy atom. The molecule has 1 amide bonds. The van der Waals surface area contributed by atoms with Crippen LogP contribution in [0.25, 0.3) is 10.9 Å². The number of aliphatic carboxylic acids is 1. The quantitative estimate of drug-likeness (QED) is 0.921. The largest absolute Gasteiger partial charge is 0.480 e. The molecule has 0 radical (unpaired) electrons. The molecule has 6 heteroatoms. The highest BCUT2D eigenvalue weighted by atomic mass is 16.4. The van der Waals surface area contributed by atoms with Crippen LogP contribution in [0.5, 0.6) is 0 Å². The number of hydrogen-bond donors (Lipinski definition) is 1. The van der Waals surface area contributed by atoms with Crippen molar-refractivity contribution >= 4 is 28.5 Å². The van der Waals surface area contributed by atoms with Crippen molar-refractivity contribution < 1.29 is 14.7 Å². The van der Waals surface area contributed by atoms with Crippen LogP contribution in [0.15, 0.2) is 30.3 Å². The number of likely N-dealkylation sites (N-methyl/N-ethyl adjacent to an activating group) is 1. The van der Waals surface area contributed by atoms with Crippen LogP contribution >= 0.6 is 0 Å². The number of carbonyl (C=O) groups excluding carboxylic acids is 1. The van der Waals surface area contributed by atoms with Gasteiger partial charge in [0.2, 0.25) is 0 Å². The molecule has 0 bridgehead atoms. The molecule has 2 aromatic rings. The van der Waals surface area contributed by atoms with Gasteiger partial charge in [-0.1, -0.05) is 18.2 Å². The van der Waals surface area contributed by atoms with Gasteiger partial charge >= 0.3 is 5.97 Å². The molecule has 2 rings (SSSR count). The number of benzene rings is 1. The summed E-state index contributed by atoms with van der Waals surface area (Å²) in [6.07, 6.45) is 0. The summed E-state index contributed by atoms with van der Waals surface area (Å²) in [6.45, 7) is -0.357. The van der Waals surface area contributed by atoms with E-state index in [9.17, 15) is 9.59 Å². The highest BCUT2D eigenvalue weighted by Crippen LogP contribution is 2.25. The molecule has 0 saturated heterocycles. The van der Waals surface area contributed by atoms with Crippen LogP contribution in [-0.2, 0) is 4.79 Å². The zero-order chi connectivity index (χ0) is 15.6. The monoisotopic (exact) mass is 287 g/mol. The number of hydrogen-bond acceptors (Lipinski definition) is 4. The summed E-state index contributed by atoms with van der Waals surface area (Å²) in [5.74, 6) is -1.47. The molecular formula is C15H17N3O3. The Morgan fingerprint density at radius 1 is 1.19 bits per heavy atom. The van der Waals surface area contributed by atoms with E-state index < -0.39 is 11.9 Å². The van der Waals surface area contributed by atoms with Crippen molar-refractivity contribution in [2.45, 2.75) is 0 Å². The Kier molecular flexibility index (Phi) is 4.07. The number of anilines is 1. The van der Waals surface area contributed by atoms with Gasteiger partial charge in [0, 0.05) is 32.2 Å². The minimum absolute atomic E-state index is 0.237. The van der Waals surface area contributed by atoms with E-state index in [0.29, 0.717) is 5.52 Å². The van der Waals surface area contributed by atoms with Gasteiger partial charge < -0.3 is 14.9 Å². The number of amides is 1. The molecule has 0 spiro atoms. The Labute approximate surface area is 122 Å². The van der Waals surface area contributed by atoms with Gasteiger partial charge in [-0.2, -0.15) is 0 Å². The molecular weight excluding hydrogens is 270 g/mol. The number of carbonyl (C=O) groups is 2. The summed E-state index contributed by atoms with van der Waals surface area (Å²) < 4.78 is 0. The Morgan fingerprint density at radius 3 is 2.48 bits per heavy atom. The van der Waals surface area contributed by atoms with Crippen LogP contribution in [0.3, 0.4) is 0 Å². The summed E-state index contributed by atoms with van der Waals surface area (Å²) in [5.41, 5.74) is 1.81. The normalized spacial score (nSPS) is 10.4. The zero-order valence-electron chi connectivity index (χ0n) is 12.2. The van der Waals surface area contributed by atoms with Crippen LogP contribution in [0.2, 0.25) is 0 Å². The predicted octanol–water partition coefficient (Wildman–Crippen LogP) is 1.46. The molecule has 0 fully saturated rings. The molecule has 0 unspecified atom stereocenters. The molecule has 0 aliphatic rings. The summed E-state index contributed by atoms with van der Waals surface area (Å²) in [6, 6.07) is 9.21. The van der Waals surface area contributed by atoms with Crippen molar-refractivity contribution in [3.8, 4) is 0 Å². The third-order valence-corrected chi connectivity index (χ3v) is 3.11. The number of para-hydroxylation sites is 1. The molecule has 0 saturated carbocycles. The summed E-state index contributed by atoms with van der Waals surface area (Å²) in [4.78, 5) is 30.4. The lowest BCUT2D eigenvalue weighted by atomic mass is 10.1. The average Bonchev–Trinajstić information content (AvgIpc) is 2.44. The lowest BCUT2D eigenvalue weighted by molar-refractivity contribution is -0.137. The summed E-state index contributed by atoms with van der Waals surface area (Å²) in [5, 5.41) is 9.72. The molecule has 0 aliphatic carbocycles. The zero-order valence-corrected chi connectivity index (χ0v) is 12.2. The second-order valence-electron chi connectivity index (χ2n) is 4.99. The van der Waals surface area contributed by atoms with E-state index >= 15 is 0 Å². The van der Waals surface area contributed by atoms with Gasteiger partial charge in [0.05, 0.1) is 5.52 Å². The smallest absolute Gasteiger partial charge is 0.323 e. The van der Waals surface area contributed by atoms with E-state index in [1.165, 1.54) is 7.05 Å². The molecule has 110 valence electrons. The van der Waals surface area contributed by atoms with Gasteiger partial charge in [-0.25, -0.2) is 4.98 Å². The first-order valence-corrected chi connectivity index (χ1v) is 6.44. The molecule has 1 heterocycles. The van der Waals surface area contributed by atoms with E-state index in [1.807, 2.05) is 43.3 Å². The van der Waals surface area contributed by atoms with Crippen LogP contribution in [0.1, 0.15) is 10.5 Å². The van der Waals surface area contributed by atoms with E-state index in [4.69, 9.17) is 5.11 Å². The Balaban J connectivity index is 2.50. The van der Waals surface area contributed by atoms with Gasteiger partial charge in [0.25, 0.3) is 5.91 Å². The Hall–Kier alpha value is -2.63. The van der Waals surface area contributed by atoms with Crippen molar-refractivity contribution in [3.63, 3.8) is 0 Å². The van der Waals surface area contributed by atoms with Crippen molar-refractivity contribution in [1.82, 2.24) is 9.88 Å². The fourth-order valence-corrected chi connectivity index (χ4v) is 2.11. The fourth-order valence-electron chi connectivity index (χ4n) is 2.11. The van der Waals surface area contributed by atoms with Gasteiger partial charge in [0.1, 0.15) is 12.2 Å². The third kappa shape index (κ3) is 3.10. The minimum Gasteiger partial charge on any atom is -0.480 e. The molecule has 1 aromatic heterocycles. The number of nitrogens with zero attached hydrogens (tertiary/aromatic N) is 3. The highest BCUT2D eigenvalue weighted by molar-refractivity contribution is 6.00. The molecule has 1 aromatic carbocycles. The maximum atomic E-state index is 12.3. The average molecular weight is 287 g/mol. The van der Waals surface area contributed by atoms with Crippen LogP contribution < -0.4 is 4.90 Å². The van der Waals surface area contributed by atoms with E-state index in [-0.39, 0.29) is 12.2 Å². The van der Waals surface area contributed by atoms with Crippen molar-refractivity contribution in [1.29, 1.82) is 0 Å². The SMILES string of the molecule is CN(CC(=O)O)C(=O)c1cc(N(C)C)c2ccccc2n1. The summed E-state index contributed by atoms with van der Waals surface area (Å²) >= 11 is 0. The predicted molar refractivity (Wildman–Crippen MR) is 80.7 cm³/mol. The van der Waals surface area contributed by atoms with E-state index in [1.54, 1.807) is 6.07 Å². The second kappa shape index (κ2) is 5.78. The van der Waals surface area contributed by atoms with Crippen LogP contribution in [-0.4, -0.2) is 54.6 Å². The molecule has 21 heavy (non-hydrogen) atoms. The van der Waals surface area contributed by atoms with E-state index in [0.717, 1.165) is 16.0 Å². The minimum atomic E-state index is -1.06. The molecule has 6 nitrogen and oxygen atoms in total. The van der Waals surface area contributed by atoms with Crippen molar-refractivity contribution in [3.05, 3.63) is 36.0 Å². The number of rotatable bonds is 4.